The summed E-state index contributed by atoms with van der Waals surface area (Å²) in [5.41, 5.74) is 0. The molecule has 0 aromatic heterocycles. The highest BCUT2D eigenvalue weighted by atomic mass is 19.2. The van der Waals surface area contributed by atoms with E-state index in [0.717, 1.165) is 0 Å². The third-order valence-corrected chi connectivity index (χ3v) is 2.17. The lowest BCUT2D eigenvalue weighted by atomic mass is 10.2. The van der Waals surface area contributed by atoms with Crippen LogP contribution in [0.4, 0.5) is 22.0 Å². The quantitative estimate of drug-likeness (QED) is 0.353. The van der Waals surface area contributed by atoms with Gasteiger partial charge in [0, 0.05) is 6.54 Å². The van der Waals surface area contributed by atoms with Gasteiger partial charge in [0.25, 0.3) is 0 Å². The second-order valence-corrected chi connectivity index (χ2v) is 3.90. The zero-order chi connectivity index (χ0) is 13.9. The molecule has 1 rings (SSSR count). The molecule has 0 saturated carbocycles. The molecule has 7 heteroatoms. The summed E-state index contributed by atoms with van der Waals surface area (Å²) in [6, 6.07) is 0. The third-order valence-electron chi connectivity index (χ3n) is 2.17. The Bertz CT molecular complexity index is 407. The molecule has 0 heterocycles. The summed E-state index contributed by atoms with van der Waals surface area (Å²) in [5, 5.41) is 0. The van der Waals surface area contributed by atoms with Crippen molar-refractivity contribution in [1.29, 1.82) is 0 Å². The summed E-state index contributed by atoms with van der Waals surface area (Å²) < 4.78 is 69.2. The van der Waals surface area contributed by atoms with Gasteiger partial charge in [-0.05, 0) is 20.5 Å². The number of halogens is 5. The van der Waals surface area contributed by atoms with Crippen molar-refractivity contribution < 1.29 is 26.7 Å². The molecule has 0 aliphatic carbocycles. The number of nitrogens with zero attached hydrogens (tertiary/aromatic N) is 1. The van der Waals surface area contributed by atoms with Crippen LogP contribution in [0, 0.1) is 29.1 Å². The first-order chi connectivity index (χ1) is 8.36. The fraction of sp³-hybridized carbons (Fsp3) is 0.455. The average molecular weight is 269 g/mol. The van der Waals surface area contributed by atoms with Gasteiger partial charge in [0.2, 0.25) is 29.1 Å². The van der Waals surface area contributed by atoms with E-state index in [1.54, 1.807) is 19.0 Å². The van der Waals surface area contributed by atoms with E-state index in [1.807, 2.05) is 0 Å². The summed E-state index contributed by atoms with van der Waals surface area (Å²) in [6.45, 7) is 0.423. The monoisotopic (exact) mass is 269 g/mol. The standard InChI is InChI=1S/C11H12F5NO/c1-17(2)4-3-5-18-11-9(15)7(13)6(12)8(14)10(11)16/h3-5H2,1-2H3. The molecular weight excluding hydrogens is 257 g/mol. The fourth-order valence-electron chi connectivity index (χ4n) is 1.27. The van der Waals surface area contributed by atoms with Crippen molar-refractivity contribution in [2.45, 2.75) is 6.42 Å². The Balaban J connectivity index is 2.83. The van der Waals surface area contributed by atoms with Crippen molar-refractivity contribution in [3.63, 3.8) is 0 Å². The summed E-state index contributed by atoms with van der Waals surface area (Å²) in [6.07, 6.45) is 0.395. The predicted molar refractivity (Wildman–Crippen MR) is 54.9 cm³/mol. The van der Waals surface area contributed by atoms with Crippen molar-refractivity contribution in [1.82, 2.24) is 4.90 Å². The largest absolute Gasteiger partial charge is 0.487 e. The minimum atomic E-state index is -2.19. The van der Waals surface area contributed by atoms with Crippen molar-refractivity contribution in [3.05, 3.63) is 29.1 Å². The van der Waals surface area contributed by atoms with E-state index < -0.39 is 34.8 Å². The first kappa shape index (κ1) is 14.7. The van der Waals surface area contributed by atoms with Crippen LogP contribution in [0.1, 0.15) is 6.42 Å². The van der Waals surface area contributed by atoms with Gasteiger partial charge in [0.1, 0.15) is 0 Å². The number of ether oxygens (including phenoxy) is 1. The lowest BCUT2D eigenvalue weighted by Crippen LogP contribution is -2.16. The molecule has 0 bridgehead atoms. The van der Waals surface area contributed by atoms with E-state index >= 15 is 0 Å². The van der Waals surface area contributed by atoms with Crippen molar-refractivity contribution in [2.75, 3.05) is 27.2 Å². The van der Waals surface area contributed by atoms with Crippen LogP contribution in [0.2, 0.25) is 0 Å². The molecule has 0 aliphatic heterocycles. The van der Waals surface area contributed by atoms with E-state index in [4.69, 9.17) is 0 Å². The Morgan fingerprint density at radius 3 is 1.72 bits per heavy atom. The maximum Gasteiger partial charge on any atom is 0.206 e. The Kier molecular flexibility index (Phi) is 4.89. The molecule has 18 heavy (non-hydrogen) atoms. The first-order valence-electron chi connectivity index (χ1n) is 5.15. The highest BCUT2D eigenvalue weighted by molar-refractivity contribution is 5.29. The molecule has 0 radical (unpaired) electrons. The lowest BCUT2D eigenvalue weighted by molar-refractivity contribution is 0.244. The van der Waals surface area contributed by atoms with Gasteiger partial charge in [0.15, 0.2) is 5.75 Å². The lowest BCUT2D eigenvalue weighted by Gasteiger charge is -2.12. The molecular formula is C11H12F5NO. The van der Waals surface area contributed by atoms with E-state index in [2.05, 4.69) is 4.74 Å². The normalized spacial score (nSPS) is 11.1. The summed E-state index contributed by atoms with van der Waals surface area (Å²) in [4.78, 5) is 1.79. The van der Waals surface area contributed by atoms with Crippen LogP contribution in [0.15, 0.2) is 0 Å². The molecule has 0 atom stereocenters. The van der Waals surface area contributed by atoms with Gasteiger partial charge >= 0.3 is 0 Å². The summed E-state index contributed by atoms with van der Waals surface area (Å²) in [5.74, 6) is -11.3. The van der Waals surface area contributed by atoms with Crippen molar-refractivity contribution >= 4 is 0 Å². The van der Waals surface area contributed by atoms with Gasteiger partial charge in [-0.15, -0.1) is 0 Å². The zero-order valence-corrected chi connectivity index (χ0v) is 9.87. The predicted octanol–water partition coefficient (Wildman–Crippen LogP) is 2.71. The van der Waals surface area contributed by atoms with E-state index in [1.165, 1.54) is 0 Å². The Morgan fingerprint density at radius 1 is 0.833 bits per heavy atom. The SMILES string of the molecule is CN(C)CCCOc1c(F)c(F)c(F)c(F)c1F. The number of benzene rings is 1. The maximum atomic E-state index is 13.1. The molecule has 0 unspecified atom stereocenters. The second-order valence-electron chi connectivity index (χ2n) is 3.90. The van der Waals surface area contributed by atoms with Gasteiger partial charge in [-0.1, -0.05) is 0 Å². The number of rotatable bonds is 5. The number of hydrogen-bond acceptors (Lipinski definition) is 2. The van der Waals surface area contributed by atoms with Crippen LogP contribution < -0.4 is 4.74 Å². The molecule has 0 aliphatic rings. The molecule has 2 nitrogen and oxygen atoms in total. The zero-order valence-electron chi connectivity index (χ0n) is 9.87. The topological polar surface area (TPSA) is 12.5 Å². The minimum absolute atomic E-state index is 0.142. The molecule has 0 spiro atoms. The van der Waals surface area contributed by atoms with Crippen LogP contribution in [-0.2, 0) is 0 Å². The smallest absolute Gasteiger partial charge is 0.206 e. The van der Waals surface area contributed by atoms with Gasteiger partial charge in [-0.25, -0.2) is 13.2 Å². The minimum Gasteiger partial charge on any atom is -0.487 e. The van der Waals surface area contributed by atoms with Crippen LogP contribution in [0.25, 0.3) is 0 Å². The Labute approximate surface area is 101 Å². The molecule has 0 fully saturated rings. The molecule has 1 aromatic rings. The van der Waals surface area contributed by atoms with Gasteiger partial charge in [-0.2, -0.15) is 8.78 Å². The van der Waals surface area contributed by atoms with Gasteiger partial charge < -0.3 is 9.64 Å². The fourth-order valence-corrected chi connectivity index (χ4v) is 1.27. The summed E-state index contributed by atoms with van der Waals surface area (Å²) in [7, 11) is 3.55. The third kappa shape index (κ3) is 3.10. The maximum absolute atomic E-state index is 13.1. The Hall–Kier alpha value is -1.37. The summed E-state index contributed by atoms with van der Waals surface area (Å²) >= 11 is 0. The average Bonchev–Trinajstić information content (AvgIpc) is 2.32. The molecule has 1 aromatic carbocycles. The molecule has 0 N–H and O–H groups in total. The second kappa shape index (κ2) is 5.99. The molecule has 102 valence electrons. The van der Waals surface area contributed by atoms with E-state index in [9.17, 15) is 22.0 Å². The van der Waals surface area contributed by atoms with Crippen molar-refractivity contribution in [2.24, 2.45) is 0 Å². The molecule has 0 amide bonds. The van der Waals surface area contributed by atoms with Gasteiger partial charge in [0.05, 0.1) is 6.61 Å². The highest BCUT2D eigenvalue weighted by Gasteiger charge is 2.26. The van der Waals surface area contributed by atoms with Crippen molar-refractivity contribution in [3.8, 4) is 5.75 Å². The van der Waals surface area contributed by atoms with Gasteiger partial charge in [-0.3, -0.25) is 0 Å². The first-order valence-corrected chi connectivity index (χ1v) is 5.15. The van der Waals surface area contributed by atoms with Crippen LogP contribution >= 0.6 is 0 Å². The molecule has 0 saturated heterocycles. The van der Waals surface area contributed by atoms with E-state index in [0.29, 0.717) is 13.0 Å². The van der Waals surface area contributed by atoms with E-state index in [-0.39, 0.29) is 6.61 Å². The highest BCUT2D eigenvalue weighted by Crippen LogP contribution is 2.29. The number of hydrogen-bond donors (Lipinski definition) is 0. The van der Waals surface area contributed by atoms with Crippen LogP contribution in [0.3, 0.4) is 0 Å². The Morgan fingerprint density at radius 2 is 1.28 bits per heavy atom. The van der Waals surface area contributed by atoms with Crippen LogP contribution in [0.5, 0.6) is 5.75 Å². The van der Waals surface area contributed by atoms with Crippen LogP contribution in [-0.4, -0.2) is 32.1 Å².